The lowest BCUT2D eigenvalue weighted by Crippen LogP contribution is -2.34. The zero-order chi connectivity index (χ0) is 21.8. The summed E-state index contributed by atoms with van der Waals surface area (Å²) in [5, 5.41) is 2.87. The maximum Gasteiger partial charge on any atom is 0.266 e. The summed E-state index contributed by atoms with van der Waals surface area (Å²) < 4.78 is 6.17. The van der Waals surface area contributed by atoms with Gasteiger partial charge in [0.15, 0.2) is 6.61 Å². The van der Waals surface area contributed by atoms with Gasteiger partial charge in [-0.15, -0.1) is 0 Å². The standard InChI is InChI=1S/C23H24N2O3S2/c1-14(2)25-22(27)20(30-23(25)29)12-17-8-10-18(11-9-17)28-13-21(26)24-19-7-5-6-15(3)16(19)4/h5-12,14H,13H2,1-4H3,(H,24,26)/b20-12-. The molecule has 5 nitrogen and oxygen atoms in total. The molecule has 0 atom stereocenters. The summed E-state index contributed by atoms with van der Waals surface area (Å²) in [5.74, 6) is 0.298. The fourth-order valence-corrected chi connectivity index (χ4v) is 4.48. The summed E-state index contributed by atoms with van der Waals surface area (Å²) in [5.41, 5.74) is 3.82. The molecule has 2 aromatic rings. The molecule has 156 valence electrons. The van der Waals surface area contributed by atoms with Gasteiger partial charge in [0.25, 0.3) is 11.8 Å². The summed E-state index contributed by atoms with van der Waals surface area (Å²) in [7, 11) is 0. The van der Waals surface area contributed by atoms with Crippen molar-refractivity contribution in [2.45, 2.75) is 33.7 Å². The molecule has 1 aliphatic heterocycles. The predicted octanol–water partition coefficient (Wildman–Crippen LogP) is 4.93. The highest BCUT2D eigenvalue weighted by atomic mass is 32.2. The molecule has 0 spiro atoms. The van der Waals surface area contributed by atoms with Gasteiger partial charge in [-0.3, -0.25) is 14.5 Å². The molecule has 2 aromatic carbocycles. The first-order chi connectivity index (χ1) is 14.3. The second-order valence-electron chi connectivity index (χ2n) is 7.30. The minimum atomic E-state index is -0.217. The first-order valence-electron chi connectivity index (χ1n) is 9.62. The second-order valence-corrected chi connectivity index (χ2v) is 8.97. The van der Waals surface area contributed by atoms with Crippen LogP contribution in [0.4, 0.5) is 5.69 Å². The van der Waals surface area contributed by atoms with Crippen molar-refractivity contribution in [2.75, 3.05) is 11.9 Å². The van der Waals surface area contributed by atoms with Gasteiger partial charge in [-0.25, -0.2) is 0 Å². The summed E-state index contributed by atoms with van der Waals surface area (Å²) in [6.45, 7) is 7.77. The zero-order valence-electron chi connectivity index (χ0n) is 17.4. The Morgan fingerprint density at radius 1 is 1.20 bits per heavy atom. The van der Waals surface area contributed by atoms with Crippen molar-refractivity contribution in [2.24, 2.45) is 0 Å². The van der Waals surface area contributed by atoms with Gasteiger partial charge < -0.3 is 10.1 Å². The van der Waals surface area contributed by atoms with Gasteiger partial charge in [0.2, 0.25) is 0 Å². The van der Waals surface area contributed by atoms with E-state index in [-0.39, 0.29) is 24.5 Å². The maximum absolute atomic E-state index is 12.5. The molecule has 0 aromatic heterocycles. The second kappa shape index (κ2) is 9.45. The number of thiocarbonyl (C=S) groups is 1. The maximum atomic E-state index is 12.5. The van der Waals surface area contributed by atoms with Crippen LogP contribution in [-0.4, -0.2) is 33.7 Å². The number of hydrogen-bond donors (Lipinski definition) is 1. The van der Waals surface area contributed by atoms with Crippen molar-refractivity contribution in [1.29, 1.82) is 0 Å². The molecule has 1 heterocycles. The third-order valence-electron chi connectivity index (χ3n) is 4.77. The van der Waals surface area contributed by atoms with Gasteiger partial charge in [0.1, 0.15) is 10.1 Å². The summed E-state index contributed by atoms with van der Waals surface area (Å²) in [4.78, 5) is 26.9. The summed E-state index contributed by atoms with van der Waals surface area (Å²) in [6.07, 6.45) is 1.82. The SMILES string of the molecule is Cc1cccc(NC(=O)COc2ccc(/C=C3\SC(=S)N(C(C)C)C3=O)cc2)c1C. The normalized spacial score (nSPS) is 15.2. The first-order valence-corrected chi connectivity index (χ1v) is 10.8. The van der Waals surface area contributed by atoms with E-state index in [1.807, 2.05) is 64.1 Å². The van der Waals surface area contributed by atoms with Gasteiger partial charge >= 0.3 is 0 Å². The summed E-state index contributed by atoms with van der Waals surface area (Å²) in [6, 6.07) is 13.1. The number of rotatable bonds is 6. The van der Waals surface area contributed by atoms with Gasteiger partial charge in [0.05, 0.1) is 4.91 Å². The van der Waals surface area contributed by atoms with Crippen molar-refractivity contribution < 1.29 is 14.3 Å². The molecule has 0 saturated carbocycles. The monoisotopic (exact) mass is 440 g/mol. The minimum absolute atomic E-state index is 0.0360. The number of thioether (sulfide) groups is 1. The number of carbonyl (C=O) groups excluding carboxylic acids is 2. The van der Waals surface area contributed by atoms with E-state index in [1.54, 1.807) is 17.0 Å². The highest BCUT2D eigenvalue weighted by Crippen LogP contribution is 2.34. The molecule has 7 heteroatoms. The zero-order valence-corrected chi connectivity index (χ0v) is 19.0. The van der Waals surface area contributed by atoms with Crippen molar-refractivity contribution in [1.82, 2.24) is 4.90 Å². The van der Waals surface area contributed by atoms with E-state index in [0.717, 1.165) is 22.4 Å². The molecule has 1 N–H and O–H groups in total. The van der Waals surface area contributed by atoms with Crippen molar-refractivity contribution in [3.05, 3.63) is 64.1 Å². The van der Waals surface area contributed by atoms with Crippen LogP contribution in [0.3, 0.4) is 0 Å². The molecule has 0 aliphatic carbocycles. The first kappa shape index (κ1) is 22.1. The third kappa shape index (κ3) is 5.09. The molecule has 0 radical (unpaired) electrons. The van der Waals surface area contributed by atoms with E-state index in [0.29, 0.717) is 15.0 Å². The largest absolute Gasteiger partial charge is 0.484 e. The smallest absolute Gasteiger partial charge is 0.266 e. The van der Waals surface area contributed by atoms with Crippen LogP contribution in [-0.2, 0) is 9.59 Å². The van der Waals surface area contributed by atoms with Crippen LogP contribution in [0.5, 0.6) is 5.75 Å². The molecular weight excluding hydrogens is 416 g/mol. The number of benzene rings is 2. The Kier molecular flexibility index (Phi) is 6.95. The van der Waals surface area contributed by atoms with Crippen LogP contribution in [0.15, 0.2) is 47.4 Å². The average molecular weight is 441 g/mol. The van der Waals surface area contributed by atoms with Gasteiger partial charge in [0, 0.05) is 11.7 Å². The molecule has 1 saturated heterocycles. The Balaban J connectivity index is 1.59. The quantitative estimate of drug-likeness (QED) is 0.510. The molecule has 0 bridgehead atoms. The van der Waals surface area contributed by atoms with Gasteiger partial charge in [-0.2, -0.15) is 0 Å². The van der Waals surface area contributed by atoms with Crippen molar-refractivity contribution in [3.63, 3.8) is 0 Å². The van der Waals surface area contributed by atoms with Crippen LogP contribution in [0.25, 0.3) is 6.08 Å². The van der Waals surface area contributed by atoms with Crippen molar-refractivity contribution in [3.8, 4) is 5.75 Å². The van der Waals surface area contributed by atoms with Crippen LogP contribution in [0.2, 0.25) is 0 Å². The number of ether oxygens (including phenoxy) is 1. The van der Waals surface area contributed by atoms with Crippen LogP contribution in [0, 0.1) is 13.8 Å². The highest BCUT2D eigenvalue weighted by molar-refractivity contribution is 8.26. The predicted molar refractivity (Wildman–Crippen MR) is 127 cm³/mol. The number of nitrogens with zero attached hydrogens (tertiary/aromatic N) is 1. The third-order valence-corrected chi connectivity index (χ3v) is 6.10. The molecular formula is C23H24N2O3S2. The Labute approximate surface area is 186 Å². The molecule has 0 unspecified atom stereocenters. The molecule has 2 amide bonds. The number of carbonyl (C=O) groups is 2. The van der Waals surface area contributed by atoms with Gasteiger partial charge in [-0.05, 0) is 68.7 Å². The highest BCUT2D eigenvalue weighted by Gasteiger charge is 2.33. The van der Waals surface area contributed by atoms with E-state index in [4.69, 9.17) is 17.0 Å². The lowest BCUT2D eigenvalue weighted by molar-refractivity contribution is -0.123. The number of aryl methyl sites for hydroxylation is 1. The van der Waals surface area contributed by atoms with E-state index in [2.05, 4.69) is 5.32 Å². The molecule has 1 fully saturated rings. The Morgan fingerprint density at radius 2 is 1.90 bits per heavy atom. The van der Waals surface area contributed by atoms with E-state index < -0.39 is 0 Å². The van der Waals surface area contributed by atoms with Crippen LogP contribution in [0.1, 0.15) is 30.5 Å². The van der Waals surface area contributed by atoms with E-state index in [1.165, 1.54) is 11.8 Å². The van der Waals surface area contributed by atoms with E-state index in [9.17, 15) is 9.59 Å². The van der Waals surface area contributed by atoms with Gasteiger partial charge in [-0.1, -0.05) is 48.2 Å². The molecule has 3 rings (SSSR count). The fourth-order valence-electron chi connectivity index (χ4n) is 2.96. The molecule has 1 aliphatic rings. The lowest BCUT2D eigenvalue weighted by atomic mass is 10.1. The fraction of sp³-hybridized carbons (Fsp3) is 0.261. The van der Waals surface area contributed by atoms with Crippen molar-refractivity contribution >= 4 is 51.9 Å². The minimum Gasteiger partial charge on any atom is -0.484 e. The number of hydrogen-bond acceptors (Lipinski definition) is 5. The Bertz CT molecular complexity index is 1010. The van der Waals surface area contributed by atoms with Crippen LogP contribution >= 0.6 is 24.0 Å². The summed E-state index contributed by atoms with van der Waals surface area (Å²) >= 11 is 6.61. The topological polar surface area (TPSA) is 58.6 Å². The van der Waals surface area contributed by atoms with Crippen LogP contribution < -0.4 is 10.1 Å². The molecule has 30 heavy (non-hydrogen) atoms. The Morgan fingerprint density at radius 3 is 2.53 bits per heavy atom. The number of anilines is 1. The lowest BCUT2D eigenvalue weighted by Gasteiger charge is -2.18. The number of nitrogens with one attached hydrogen (secondary N) is 1. The average Bonchev–Trinajstić information content (AvgIpc) is 2.98. The number of amides is 2. The Hall–Kier alpha value is -2.64. The van der Waals surface area contributed by atoms with E-state index >= 15 is 0 Å².